The Hall–Kier alpha value is -0.0200. The largest absolute Gasteiger partial charge is 0.0840 e. The molecule has 2 aromatic carbocycles. The lowest BCUT2D eigenvalue weighted by molar-refractivity contribution is 1.15. The van der Waals surface area contributed by atoms with Crippen LogP contribution in [0.1, 0.15) is 27.1 Å². The van der Waals surface area contributed by atoms with E-state index in [2.05, 4.69) is 51.8 Å². The molecule has 0 aliphatic rings. The smallest absolute Gasteiger partial charge is 0.0659 e. The van der Waals surface area contributed by atoms with Crippen molar-refractivity contribution in [3.05, 3.63) is 67.1 Å². The number of benzene rings is 2. The second kappa shape index (κ2) is 6.17. The molecular formula is C15H12Br2Cl2. The van der Waals surface area contributed by atoms with E-state index in [1.807, 2.05) is 24.3 Å². The van der Waals surface area contributed by atoms with Crippen molar-refractivity contribution in [2.45, 2.75) is 18.7 Å². The van der Waals surface area contributed by atoms with Crippen molar-refractivity contribution in [3.8, 4) is 0 Å². The molecule has 0 spiro atoms. The zero-order chi connectivity index (χ0) is 14.2. The van der Waals surface area contributed by atoms with Crippen molar-refractivity contribution in [1.29, 1.82) is 0 Å². The molecule has 0 aliphatic heterocycles. The first-order chi connectivity index (χ1) is 8.90. The van der Waals surface area contributed by atoms with Crippen molar-refractivity contribution < 1.29 is 0 Å². The Balaban J connectivity index is 2.46. The Kier molecular flexibility index (Phi) is 4.99. The molecule has 0 amide bonds. The van der Waals surface area contributed by atoms with E-state index < -0.39 is 0 Å². The number of rotatable bonds is 2. The third-order valence-electron chi connectivity index (χ3n) is 3.12. The van der Waals surface area contributed by atoms with Gasteiger partial charge in [-0.1, -0.05) is 51.3 Å². The van der Waals surface area contributed by atoms with Crippen LogP contribution >= 0.6 is 55.1 Å². The third kappa shape index (κ3) is 3.36. The van der Waals surface area contributed by atoms with Gasteiger partial charge < -0.3 is 0 Å². The van der Waals surface area contributed by atoms with E-state index in [1.165, 1.54) is 11.1 Å². The van der Waals surface area contributed by atoms with Gasteiger partial charge in [0.2, 0.25) is 0 Å². The molecule has 0 nitrogen and oxygen atoms in total. The van der Waals surface area contributed by atoms with Gasteiger partial charge in [-0.25, -0.2) is 0 Å². The average Bonchev–Trinajstić information content (AvgIpc) is 2.36. The highest BCUT2D eigenvalue weighted by Gasteiger charge is 2.16. The highest BCUT2D eigenvalue weighted by Crippen LogP contribution is 2.38. The number of hydrogen-bond acceptors (Lipinski definition) is 0. The van der Waals surface area contributed by atoms with Gasteiger partial charge >= 0.3 is 0 Å². The summed E-state index contributed by atoms with van der Waals surface area (Å²) in [6.45, 7) is 4.15. The molecule has 1 unspecified atom stereocenters. The van der Waals surface area contributed by atoms with Gasteiger partial charge in [0.1, 0.15) is 0 Å². The molecule has 4 heteroatoms. The Morgan fingerprint density at radius 1 is 0.947 bits per heavy atom. The van der Waals surface area contributed by atoms with Crippen LogP contribution in [-0.4, -0.2) is 0 Å². The highest BCUT2D eigenvalue weighted by molar-refractivity contribution is 9.10. The lowest BCUT2D eigenvalue weighted by atomic mass is 10.0. The highest BCUT2D eigenvalue weighted by atomic mass is 79.9. The van der Waals surface area contributed by atoms with Gasteiger partial charge in [-0.3, -0.25) is 0 Å². The molecule has 0 aromatic heterocycles. The fourth-order valence-corrected chi connectivity index (χ4v) is 3.41. The summed E-state index contributed by atoms with van der Waals surface area (Å²) in [6, 6.07) is 10.0. The SMILES string of the molecule is Cc1cc(Cl)c(C(Br)c2ccc(Br)c(Cl)c2)cc1C. The number of aryl methyl sites for hydroxylation is 2. The van der Waals surface area contributed by atoms with Crippen LogP contribution in [0.3, 0.4) is 0 Å². The third-order valence-corrected chi connectivity index (χ3v) is 5.70. The zero-order valence-electron chi connectivity index (χ0n) is 10.5. The van der Waals surface area contributed by atoms with Gasteiger partial charge in [0.15, 0.2) is 0 Å². The molecule has 2 rings (SSSR count). The van der Waals surface area contributed by atoms with E-state index in [0.717, 1.165) is 20.6 Å². The summed E-state index contributed by atoms with van der Waals surface area (Å²) in [5.41, 5.74) is 4.57. The van der Waals surface area contributed by atoms with Crippen LogP contribution in [0.25, 0.3) is 0 Å². The van der Waals surface area contributed by atoms with E-state index in [4.69, 9.17) is 23.2 Å². The van der Waals surface area contributed by atoms with E-state index in [1.54, 1.807) is 0 Å². The standard InChI is InChI=1S/C15H12Br2Cl2/c1-8-5-11(13(18)6-9(8)2)15(17)10-3-4-12(16)14(19)7-10/h3-7,15H,1-2H3. The molecule has 2 aromatic rings. The summed E-state index contributed by atoms with van der Waals surface area (Å²) >= 11 is 19.6. The molecule has 0 N–H and O–H groups in total. The summed E-state index contributed by atoms with van der Waals surface area (Å²) < 4.78 is 0.892. The molecule has 100 valence electrons. The van der Waals surface area contributed by atoms with Crippen molar-refractivity contribution in [3.63, 3.8) is 0 Å². The molecule has 0 saturated heterocycles. The van der Waals surface area contributed by atoms with Gasteiger partial charge in [-0.05, 0) is 70.2 Å². The lowest BCUT2D eigenvalue weighted by Gasteiger charge is -2.15. The Labute approximate surface area is 140 Å². The van der Waals surface area contributed by atoms with Crippen molar-refractivity contribution in [2.24, 2.45) is 0 Å². The van der Waals surface area contributed by atoms with Crippen LogP contribution in [0.2, 0.25) is 10.0 Å². The first-order valence-corrected chi connectivity index (χ1v) is 8.22. The predicted molar refractivity (Wildman–Crippen MR) is 90.8 cm³/mol. The predicted octanol–water partition coefficient (Wildman–Crippen LogP) is 6.86. The first kappa shape index (κ1) is 15.4. The van der Waals surface area contributed by atoms with E-state index >= 15 is 0 Å². The normalized spacial score (nSPS) is 12.5. The topological polar surface area (TPSA) is 0 Å². The van der Waals surface area contributed by atoms with Gasteiger partial charge in [0.25, 0.3) is 0 Å². The fraction of sp³-hybridized carbons (Fsp3) is 0.200. The van der Waals surface area contributed by atoms with Crippen molar-refractivity contribution >= 4 is 55.1 Å². The van der Waals surface area contributed by atoms with Crippen LogP contribution in [0.15, 0.2) is 34.8 Å². The lowest BCUT2D eigenvalue weighted by Crippen LogP contribution is -1.96. The van der Waals surface area contributed by atoms with Gasteiger partial charge in [-0.2, -0.15) is 0 Å². The van der Waals surface area contributed by atoms with Crippen molar-refractivity contribution in [2.75, 3.05) is 0 Å². The second-order valence-electron chi connectivity index (χ2n) is 4.49. The zero-order valence-corrected chi connectivity index (χ0v) is 15.2. The molecular weight excluding hydrogens is 411 g/mol. The minimum absolute atomic E-state index is 0.0323. The maximum atomic E-state index is 6.35. The molecule has 0 saturated carbocycles. The van der Waals surface area contributed by atoms with E-state index in [-0.39, 0.29) is 4.83 Å². The molecule has 0 radical (unpaired) electrons. The molecule has 0 aliphatic carbocycles. The summed E-state index contributed by atoms with van der Waals surface area (Å²) in [7, 11) is 0. The number of alkyl halides is 1. The quantitative estimate of drug-likeness (QED) is 0.464. The van der Waals surface area contributed by atoms with Crippen LogP contribution in [0.5, 0.6) is 0 Å². The average molecular weight is 423 g/mol. The van der Waals surface area contributed by atoms with Crippen LogP contribution in [0.4, 0.5) is 0 Å². The summed E-state index contributed by atoms with van der Waals surface area (Å²) in [6.07, 6.45) is 0. The van der Waals surface area contributed by atoms with Gasteiger partial charge in [0, 0.05) is 9.50 Å². The van der Waals surface area contributed by atoms with Gasteiger partial charge in [-0.15, -0.1) is 0 Å². The van der Waals surface area contributed by atoms with Crippen LogP contribution < -0.4 is 0 Å². The monoisotopic (exact) mass is 420 g/mol. The second-order valence-corrected chi connectivity index (χ2v) is 7.08. The maximum Gasteiger partial charge on any atom is 0.0659 e. The molecule has 0 heterocycles. The van der Waals surface area contributed by atoms with E-state index in [9.17, 15) is 0 Å². The van der Waals surface area contributed by atoms with Crippen LogP contribution in [0, 0.1) is 13.8 Å². The minimum atomic E-state index is 0.0323. The molecule has 1 atom stereocenters. The minimum Gasteiger partial charge on any atom is -0.0840 e. The fourth-order valence-electron chi connectivity index (χ4n) is 1.85. The van der Waals surface area contributed by atoms with Gasteiger partial charge in [0.05, 0.1) is 9.85 Å². The Morgan fingerprint density at radius 2 is 1.58 bits per heavy atom. The summed E-state index contributed by atoms with van der Waals surface area (Å²) in [5, 5.41) is 1.46. The van der Waals surface area contributed by atoms with E-state index in [0.29, 0.717) is 5.02 Å². The number of hydrogen-bond donors (Lipinski definition) is 0. The Bertz CT molecular complexity index is 624. The summed E-state index contributed by atoms with van der Waals surface area (Å²) in [5.74, 6) is 0. The first-order valence-electron chi connectivity index (χ1n) is 5.76. The molecule has 19 heavy (non-hydrogen) atoms. The van der Waals surface area contributed by atoms with Crippen LogP contribution in [-0.2, 0) is 0 Å². The summed E-state index contributed by atoms with van der Waals surface area (Å²) in [4.78, 5) is 0.0323. The number of halogens is 4. The molecule has 0 fully saturated rings. The van der Waals surface area contributed by atoms with Crippen molar-refractivity contribution in [1.82, 2.24) is 0 Å². The molecule has 0 bridgehead atoms. The Morgan fingerprint density at radius 3 is 2.21 bits per heavy atom. The maximum absolute atomic E-state index is 6.35.